The normalized spacial score (nSPS) is 15.8. The zero-order valence-electron chi connectivity index (χ0n) is 9.00. The fraction of sp³-hybridized carbons (Fsp3) is 0.900. The summed E-state index contributed by atoms with van der Waals surface area (Å²) in [4.78, 5) is 11.6. The van der Waals surface area contributed by atoms with Crippen molar-refractivity contribution >= 4 is 18.4 Å². The van der Waals surface area contributed by atoms with Gasteiger partial charge in [-0.05, 0) is 11.7 Å². The topological polar surface area (TPSA) is 29.1 Å². The first-order valence-corrected chi connectivity index (χ1v) is 5.55. The van der Waals surface area contributed by atoms with Crippen LogP contribution >= 0.6 is 12.6 Å². The first kappa shape index (κ1) is 13.0. The van der Waals surface area contributed by atoms with Gasteiger partial charge in [-0.2, -0.15) is 12.6 Å². The third-order valence-corrected chi connectivity index (χ3v) is 2.64. The first-order chi connectivity index (χ1) is 6.02. The van der Waals surface area contributed by atoms with E-state index >= 15 is 0 Å². The summed E-state index contributed by atoms with van der Waals surface area (Å²) in [6, 6.07) is 0.324. The molecule has 0 fully saturated rings. The highest BCUT2D eigenvalue weighted by Gasteiger charge is 2.22. The van der Waals surface area contributed by atoms with Crippen molar-refractivity contribution in [3.63, 3.8) is 0 Å². The molecule has 0 bridgehead atoms. The molecule has 2 unspecified atom stereocenters. The van der Waals surface area contributed by atoms with Gasteiger partial charge in [0.1, 0.15) is 5.78 Å². The van der Waals surface area contributed by atoms with Gasteiger partial charge in [-0.25, -0.2) is 0 Å². The lowest BCUT2D eigenvalue weighted by Crippen LogP contribution is -2.45. The number of hydrogen-bond acceptors (Lipinski definition) is 3. The molecule has 1 N–H and O–H groups in total. The van der Waals surface area contributed by atoms with Crippen molar-refractivity contribution in [2.45, 2.75) is 46.2 Å². The van der Waals surface area contributed by atoms with Gasteiger partial charge in [0.15, 0.2) is 0 Å². The predicted octanol–water partition coefficient (Wildman–Crippen LogP) is 1.90. The molecule has 0 aromatic rings. The van der Waals surface area contributed by atoms with Gasteiger partial charge in [0.25, 0.3) is 0 Å². The lowest BCUT2D eigenvalue weighted by molar-refractivity contribution is -0.121. The van der Waals surface area contributed by atoms with Crippen molar-refractivity contribution in [1.82, 2.24) is 5.32 Å². The van der Waals surface area contributed by atoms with Gasteiger partial charge in [0.05, 0.1) is 6.04 Å². The summed E-state index contributed by atoms with van der Waals surface area (Å²) >= 11 is 4.22. The maximum absolute atomic E-state index is 11.6. The minimum absolute atomic E-state index is 0.0255. The average Bonchev–Trinajstić information content (AvgIpc) is 2.11. The zero-order chi connectivity index (χ0) is 10.4. The second kappa shape index (κ2) is 6.44. The molecule has 3 heteroatoms. The van der Waals surface area contributed by atoms with Crippen LogP contribution in [0.3, 0.4) is 0 Å². The Morgan fingerprint density at radius 3 is 2.23 bits per heavy atom. The largest absolute Gasteiger partial charge is 0.305 e. The van der Waals surface area contributed by atoms with Gasteiger partial charge < -0.3 is 5.32 Å². The van der Waals surface area contributed by atoms with Gasteiger partial charge in [0.2, 0.25) is 0 Å². The van der Waals surface area contributed by atoms with E-state index in [4.69, 9.17) is 0 Å². The van der Waals surface area contributed by atoms with Crippen molar-refractivity contribution in [2.75, 3.05) is 5.75 Å². The van der Waals surface area contributed by atoms with E-state index in [-0.39, 0.29) is 11.8 Å². The summed E-state index contributed by atoms with van der Waals surface area (Å²) in [6.45, 7) is 8.07. The number of thiol groups is 1. The monoisotopic (exact) mass is 203 g/mol. The first-order valence-electron chi connectivity index (χ1n) is 4.92. The number of ketones is 1. The van der Waals surface area contributed by atoms with E-state index in [2.05, 4.69) is 38.7 Å². The molecule has 2 nitrogen and oxygen atoms in total. The Balaban J connectivity index is 4.26. The van der Waals surface area contributed by atoms with Crippen molar-refractivity contribution in [2.24, 2.45) is 5.92 Å². The maximum atomic E-state index is 11.6. The molecule has 0 aromatic heterocycles. The fourth-order valence-corrected chi connectivity index (χ4v) is 1.47. The molecular formula is C10H21NOS. The standard InChI is InChI=1S/C10H21NOS/c1-5-9(12)10(8(4)6-13)11-7(2)3/h7-8,10-11,13H,5-6H2,1-4H3. The van der Waals surface area contributed by atoms with Crippen LogP contribution in [0.2, 0.25) is 0 Å². The van der Waals surface area contributed by atoms with Crippen LogP contribution in [0.4, 0.5) is 0 Å². The van der Waals surface area contributed by atoms with Gasteiger partial charge in [-0.15, -0.1) is 0 Å². The van der Waals surface area contributed by atoms with Crippen LogP contribution in [0, 0.1) is 5.92 Å². The molecule has 2 atom stereocenters. The van der Waals surface area contributed by atoms with Crippen molar-refractivity contribution in [3.8, 4) is 0 Å². The highest BCUT2D eigenvalue weighted by molar-refractivity contribution is 7.80. The Morgan fingerprint density at radius 2 is 1.92 bits per heavy atom. The maximum Gasteiger partial charge on any atom is 0.149 e. The summed E-state index contributed by atoms with van der Waals surface area (Å²) in [6.07, 6.45) is 0.600. The molecular weight excluding hydrogens is 182 g/mol. The van der Waals surface area contributed by atoms with Gasteiger partial charge >= 0.3 is 0 Å². The zero-order valence-corrected chi connectivity index (χ0v) is 9.90. The Bertz CT molecular complexity index is 159. The SMILES string of the molecule is CCC(=O)C(NC(C)C)C(C)CS. The van der Waals surface area contributed by atoms with E-state index in [1.807, 2.05) is 6.92 Å². The highest BCUT2D eigenvalue weighted by Crippen LogP contribution is 2.08. The minimum Gasteiger partial charge on any atom is -0.305 e. The van der Waals surface area contributed by atoms with E-state index in [9.17, 15) is 4.79 Å². The molecule has 0 saturated carbocycles. The summed E-state index contributed by atoms with van der Waals surface area (Å²) in [5.74, 6) is 1.34. The molecule has 0 aliphatic rings. The molecule has 0 saturated heterocycles. The molecule has 0 aliphatic carbocycles. The Kier molecular flexibility index (Phi) is 6.43. The summed E-state index contributed by atoms with van der Waals surface area (Å²) < 4.78 is 0. The predicted molar refractivity (Wildman–Crippen MR) is 60.4 cm³/mol. The van der Waals surface area contributed by atoms with E-state index in [1.54, 1.807) is 0 Å². The van der Waals surface area contributed by atoms with Gasteiger partial charge in [-0.3, -0.25) is 4.79 Å². The molecule has 13 heavy (non-hydrogen) atoms. The number of rotatable bonds is 6. The fourth-order valence-electron chi connectivity index (χ4n) is 1.26. The molecule has 78 valence electrons. The molecule has 0 amide bonds. The summed E-state index contributed by atoms with van der Waals surface area (Å²) in [7, 11) is 0. The quantitative estimate of drug-likeness (QED) is 0.646. The van der Waals surface area contributed by atoms with Crippen LogP contribution in [0.5, 0.6) is 0 Å². The smallest absolute Gasteiger partial charge is 0.149 e. The van der Waals surface area contributed by atoms with Crippen LogP contribution in [0.15, 0.2) is 0 Å². The second-order valence-electron chi connectivity index (χ2n) is 3.78. The average molecular weight is 203 g/mol. The summed E-state index contributed by atoms with van der Waals surface area (Å²) in [5.41, 5.74) is 0. The number of carbonyl (C=O) groups excluding carboxylic acids is 1. The third kappa shape index (κ3) is 4.67. The highest BCUT2D eigenvalue weighted by atomic mass is 32.1. The Morgan fingerprint density at radius 1 is 1.38 bits per heavy atom. The molecule has 0 spiro atoms. The second-order valence-corrected chi connectivity index (χ2v) is 4.14. The van der Waals surface area contributed by atoms with Crippen LogP contribution in [0.25, 0.3) is 0 Å². The van der Waals surface area contributed by atoms with E-state index < -0.39 is 0 Å². The van der Waals surface area contributed by atoms with Crippen molar-refractivity contribution < 1.29 is 4.79 Å². The van der Waals surface area contributed by atoms with Gasteiger partial charge in [0, 0.05) is 12.5 Å². The van der Waals surface area contributed by atoms with E-state index in [1.165, 1.54) is 0 Å². The molecule has 0 aromatic carbocycles. The third-order valence-electron chi connectivity index (χ3n) is 2.07. The molecule has 0 radical (unpaired) electrons. The van der Waals surface area contributed by atoms with Gasteiger partial charge in [-0.1, -0.05) is 27.7 Å². The number of nitrogens with one attached hydrogen (secondary N) is 1. The lowest BCUT2D eigenvalue weighted by atomic mass is 9.97. The van der Waals surface area contributed by atoms with Crippen LogP contribution in [0.1, 0.15) is 34.1 Å². The van der Waals surface area contributed by atoms with Crippen LogP contribution in [-0.2, 0) is 4.79 Å². The molecule has 0 rings (SSSR count). The minimum atomic E-state index is -0.0255. The van der Waals surface area contributed by atoms with E-state index in [0.717, 1.165) is 5.75 Å². The number of hydrogen-bond donors (Lipinski definition) is 2. The Labute approximate surface area is 86.9 Å². The van der Waals surface area contributed by atoms with Crippen molar-refractivity contribution in [1.29, 1.82) is 0 Å². The number of Topliss-reactive ketones (excluding diaryl/α,β-unsaturated/α-hetero) is 1. The van der Waals surface area contributed by atoms with E-state index in [0.29, 0.717) is 18.4 Å². The number of carbonyl (C=O) groups is 1. The molecule has 0 aliphatic heterocycles. The molecule has 0 heterocycles. The van der Waals surface area contributed by atoms with Crippen LogP contribution in [-0.4, -0.2) is 23.6 Å². The Hall–Kier alpha value is -0.0200. The van der Waals surface area contributed by atoms with Crippen LogP contribution < -0.4 is 5.32 Å². The summed E-state index contributed by atoms with van der Waals surface area (Å²) in [5, 5.41) is 3.28. The van der Waals surface area contributed by atoms with Crippen molar-refractivity contribution in [3.05, 3.63) is 0 Å². The lowest BCUT2D eigenvalue weighted by Gasteiger charge is -2.24.